The van der Waals surface area contributed by atoms with Crippen molar-refractivity contribution in [3.05, 3.63) is 77.0 Å². The number of imidazole rings is 1. The SMILES string of the molecule is Cn1cnc(S(=O)(=O)N2CC(COc3cccc(C(F)(F)F)c3Cl)C(c3ccc(F)cc3)C2)c1. The Kier molecular flexibility index (Phi) is 6.63. The summed E-state index contributed by atoms with van der Waals surface area (Å²) in [4.78, 5) is 3.93. The van der Waals surface area contributed by atoms with Crippen LogP contribution in [0.3, 0.4) is 0 Å². The standard InChI is InChI=1S/C22H20ClF4N3O3S/c1-29-11-20(28-13-29)34(31,32)30-9-15(17(10-30)14-5-7-16(24)8-6-14)12-33-19-4-2-3-18(21(19)23)22(25,26)27/h2-8,11,13,15,17H,9-10,12H2,1H3. The van der Waals surface area contributed by atoms with Crippen LogP contribution in [0.5, 0.6) is 5.75 Å². The molecule has 1 saturated heterocycles. The molecular weight excluding hydrogens is 498 g/mol. The van der Waals surface area contributed by atoms with Crippen molar-refractivity contribution in [1.82, 2.24) is 13.9 Å². The van der Waals surface area contributed by atoms with Crippen LogP contribution in [0.25, 0.3) is 0 Å². The first kappa shape index (κ1) is 24.5. The minimum Gasteiger partial charge on any atom is -0.492 e. The Hall–Kier alpha value is -2.63. The molecule has 2 aromatic carbocycles. The number of nitrogens with zero attached hydrogens (tertiary/aromatic N) is 3. The van der Waals surface area contributed by atoms with Crippen LogP contribution in [0.2, 0.25) is 5.02 Å². The first-order valence-corrected chi connectivity index (χ1v) is 12.0. The molecule has 0 aliphatic carbocycles. The van der Waals surface area contributed by atoms with Gasteiger partial charge in [-0.3, -0.25) is 0 Å². The third kappa shape index (κ3) is 4.91. The highest BCUT2D eigenvalue weighted by atomic mass is 35.5. The molecule has 0 spiro atoms. The summed E-state index contributed by atoms with van der Waals surface area (Å²) in [5.41, 5.74) is -0.337. The van der Waals surface area contributed by atoms with E-state index in [2.05, 4.69) is 4.98 Å². The number of aromatic nitrogens is 2. The van der Waals surface area contributed by atoms with Crippen LogP contribution >= 0.6 is 11.6 Å². The summed E-state index contributed by atoms with van der Waals surface area (Å²) >= 11 is 5.93. The molecule has 0 amide bonds. The second-order valence-electron chi connectivity index (χ2n) is 8.04. The molecule has 0 saturated carbocycles. The summed E-state index contributed by atoms with van der Waals surface area (Å²) in [6, 6.07) is 9.02. The van der Waals surface area contributed by atoms with Gasteiger partial charge in [0.25, 0.3) is 10.0 Å². The third-order valence-corrected chi connectivity index (χ3v) is 7.82. The van der Waals surface area contributed by atoms with Crippen LogP contribution in [0, 0.1) is 11.7 Å². The van der Waals surface area contributed by atoms with Crippen LogP contribution in [0.1, 0.15) is 17.0 Å². The number of alkyl halides is 3. The molecular formula is C22H20ClF4N3O3S. The predicted octanol–water partition coefficient (Wildman–Crippen LogP) is 4.71. The number of sulfonamides is 1. The van der Waals surface area contributed by atoms with E-state index in [9.17, 15) is 26.0 Å². The Balaban J connectivity index is 1.61. The van der Waals surface area contributed by atoms with E-state index in [-0.39, 0.29) is 36.4 Å². The van der Waals surface area contributed by atoms with Crippen LogP contribution in [-0.4, -0.2) is 42.0 Å². The fourth-order valence-electron chi connectivity index (χ4n) is 3.98. The minimum absolute atomic E-state index is 0.0392. The summed E-state index contributed by atoms with van der Waals surface area (Å²) in [5, 5.41) is -0.681. The molecule has 0 bridgehead atoms. The van der Waals surface area contributed by atoms with Crippen molar-refractivity contribution >= 4 is 21.6 Å². The number of hydrogen-bond acceptors (Lipinski definition) is 4. The minimum atomic E-state index is -4.64. The monoisotopic (exact) mass is 517 g/mol. The van der Waals surface area contributed by atoms with E-state index < -0.39 is 38.5 Å². The summed E-state index contributed by atoms with van der Waals surface area (Å²) in [5.74, 6) is -1.41. The smallest absolute Gasteiger partial charge is 0.417 e. The Bertz CT molecular complexity index is 1280. The van der Waals surface area contributed by atoms with Gasteiger partial charge in [0.05, 0.1) is 23.5 Å². The quantitative estimate of drug-likeness (QED) is 0.444. The Morgan fingerprint density at radius 2 is 1.85 bits per heavy atom. The highest BCUT2D eigenvalue weighted by Gasteiger charge is 2.41. The molecule has 2 atom stereocenters. The highest BCUT2D eigenvalue weighted by Crippen LogP contribution is 2.40. The van der Waals surface area contributed by atoms with Gasteiger partial charge in [-0.25, -0.2) is 17.8 Å². The van der Waals surface area contributed by atoms with E-state index in [0.29, 0.717) is 5.56 Å². The van der Waals surface area contributed by atoms with Gasteiger partial charge in [-0.15, -0.1) is 0 Å². The Labute approximate surface area is 198 Å². The number of aryl methyl sites for hydroxylation is 1. The van der Waals surface area contributed by atoms with Crippen LogP contribution < -0.4 is 4.74 Å². The van der Waals surface area contributed by atoms with Gasteiger partial charge in [0, 0.05) is 38.2 Å². The zero-order chi connectivity index (χ0) is 24.7. The molecule has 3 aromatic rings. The maximum Gasteiger partial charge on any atom is 0.417 e. The highest BCUT2D eigenvalue weighted by molar-refractivity contribution is 7.89. The van der Waals surface area contributed by atoms with Crippen molar-refractivity contribution in [3.8, 4) is 5.75 Å². The van der Waals surface area contributed by atoms with Gasteiger partial charge in [-0.2, -0.15) is 17.5 Å². The van der Waals surface area contributed by atoms with Crippen molar-refractivity contribution in [3.63, 3.8) is 0 Å². The topological polar surface area (TPSA) is 64.4 Å². The van der Waals surface area contributed by atoms with Crippen molar-refractivity contribution in [2.45, 2.75) is 17.1 Å². The summed E-state index contributed by atoms with van der Waals surface area (Å²) in [7, 11) is -2.27. The molecule has 0 radical (unpaired) electrons. The zero-order valence-corrected chi connectivity index (χ0v) is 19.4. The van der Waals surface area contributed by atoms with E-state index in [4.69, 9.17) is 16.3 Å². The average molecular weight is 518 g/mol. The molecule has 6 nitrogen and oxygen atoms in total. The lowest BCUT2D eigenvalue weighted by molar-refractivity contribution is -0.137. The van der Waals surface area contributed by atoms with E-state index in [1.165, 1.54) is 45.7 Å². The molecule has 182 valence electrons. The van der Waals surface area contributed by atoms with Crippen molar-refractivity contribution in [1.29, 1.82) is 0 Å². The lowest BCUT2D eigenvalue weighted by atomic mass is 9.89. The summed E-state index contributed by atoms with van der Waals surface area (Å²) in [6.07, 6.45) is -1.89. The fourth-order valence-corrected chi connectivity index (χ4v) is 5.75. The van der Waals surface area contributed by atoms with Crippen molar-refractivity contribution < 1.29 is 30.7 Å². The molecule has 1 aliphatic rings. The molecule has 2 unspecified atom stereocenters. The maximum absolute atomic E-state index is 13.5. The molecule has 34 heavy (non-hydrogen) atoms. The zero-order valence-electron chi connectivity index (χ0n) is 17.8. The molecule has 0 N–H and O–H groups in total. The second kappa shape index (κ2) is 9.20. The number of ether oxygens (including phenoxy) is 1. The normalized spacial score (nSPS) is 19.5. The van der Waals surface area contributed by atoms with E-state index in [1.54, 1.807) is 19.2 Å². The van der Waals surface area contributed by atoms with Gasteiger partial charge in [-0.1, -0.05) is 29.8 Å². The second-order valence-corrected chi connectivity index (χ2v) is 10.3. The van der Waals surface area contributed by atoms with Gasteiger partial charge >= 0.3 is 6.18 Å². The lowest BCUT2D eigenvalue weighted by Gasteiger charge is -2.20. The van der Waals surface area contributed by atoms with Crippen LogP contribution in [-0.2, 0) is 23.2 Å². The molecule has 12 heteroatoms. The third-order valence-electron chi connectivity index (χ3n) is 5.71. The van der Waals surface area contributed by atoms with E-state index >= 15 is 0 Å². The fraction of sp³-hybridized carbons (Fsp3) is 0.318. The van der Waals surface area contributed by atoms with E-state index in [0.717, 1.165) is 6.07 Å². The predicted molar refractivity (Wildman–Crippen MR) is 117 cm³/mol. The van der Waals surface area contributed by atoms with Gasteiger partial charge in [0.2, 0.25) is 0 Å². The van der Waals surface area contributed by atoms with Gasteiger partial charge in [0.1, 0.15) is 11.6 Å². The molecule has 4 rings (SSSR count). The van der Waals surface area contributed by atoms with Crippen LogP contribution in [0.15, 0.2) is 60.0 Å². The number of benzene rings is 2. The van der Waals surface area contributed by atoms with Gasteiger partial charge < -0.3 is 9.30 Å². The van der Waals surface area contributed by atoms with Crippen molar-refractivity contribution in [2.75, 3.05) is 19.7 Å². The summed E-state index contributed by atoms with van der Waals surface area (Å²) < 4.78 is 87.6. The molecule has 1 aromatic heterocycles. The summed E-state index contributed by atoms with van der Waals surface area (Å²) in [6.45, 7) is 0.0176. The largest absolute Gasteiger partial charge is 0.492 e. The Morgan fingerprint density at radius 3 is 2.47 bits per heavy atom. The maximum atomic E-state index is 13.5. The first-order valence-electron chi connectivity index (χ1n) is 10.2. The van der Waals surface area contributed by atoms with Crippen LogP contribution in [0.4, 0.5) is 17.6 Å². The average Bonchev–Trinajstić information content (AvgIpc) is 3.40. The number of halogens is 5. The van der Waals surface area contributed by atoms with Gasteiger partial charge in [-0.05, 0) is 29.8 Å². The van der Waals surface area contributed by atoms with E-state index in [1.807, 2.05) is 0 Å². The molecule has 1 aliphatic heterocycles. The number of rotatable bonds is 6. The van der Waals surface area contributed by atoms with Gasteiger partial charge in [0.15, 0.2) is 5.03 Å². The first-order chi connectivity index (χ1) is 16.0. The number of hydrogen-bond donors (Lipinski definition) is 0. The Morgan fingerprint density at radius 1 is 1.15 bits per heavy atom. The molecule has 2 heterocycles. The van der Waals surface area contributed by atoms with Crippen molar-refractivity contribution in [2.24, 2.45) is 13.0 Å². The molecule has 1 fully saturated rings. The lowest BCUT2D eigenvalue weighted by Crippen LogP contribution is -2.30.